The monoisotopic (exact) mass is 436 g/mol. The maximum absolute atomic E-state index is 15.5. The van der Waals surface area contributed by atoms with Gasteiger partial charge in [-0.2, -0.15) is 14.5 Å². The van der Waals surface area contributed by atoms with Crippen molar-refractivity contribution in [3.63, 3.8) is 0 Å². The topological polar surface area (TPSA) is 85.4 Å². The Hall–Kier alpha value is -3.36. The summed E-state index contributed by atoms with van der Waals surface area (Å²) in [6, 6.07) is 5.70. The maximum atomic E-state index is 15.5. The van der Waals surface area contributed by atoms with Gasteiger partial charge in [0.25, 0.3) is 0 Å². The number of pyridine rings is 1. The van der Waals surface area contributed by atoms with Gasteiger partial charge in [-0.1, -0.05) is 24.4 Å². The number of halogens is 2. The lowest BCUT2D eigenvalue weighted by molar-refractivity contribution is 0.443. The fourth-order valence-corrected chi connectivity index (χ4v) is 4.47. The number of nitrogens with zero attached hydrogens (tertiary/aromatic N) is 6. The average Bonchev–Trinajstić information content (AvgIpc) is 3.23. The van der Waals surface area contributed by atoms with E-state index in [2.05, 4.69) is 25.5 Å². The molecule has 1 aliphatic carbocycles. The average molecular weight is 436 g/mol. The lowest BCUT2D eigenvalue weighted by Crippen LogP contribution is -2.08. The predicted molar refractivity (Wildman–Crippen MR) is 115 cm³/mol. The molecule has 0 aliphatic heterocycles. The first-order valence-corrected chi connectivity index (χ1v) is 10.9. The third-order valence-electron chi connectivity index (χ3n) is 6.34. The first kappa shape index (κ1) is 20.5. The lowest BCUT2D eigenvalue weighted by Gasteiger charge is -2.22. The van der Waals surface area contributed by atoms with Gasteiger partial charge in [-0.25, -0.2) is 8.78 Å². The molecule has 7 nitrogen and oxygen atoms in total. The number of hydrogen-bond donors (Lipinski definition) is 0. The maximum Gasteiger partial charge on any atom is 0.177 e. The number of fused-ring (bicyclic) bond motifs is 2. The third-order valence-corrected chi connectivity index (χ3v) is 6.34. The summed E-state index contributed by atoms with van der Waals surface area (Å²) < 4.78 is 31.8. The summed E-state index contributed by atoms with van der Waals surface area (Å²) in [6.45, 7) is 1.62. The van der Waals surface area contributed by atoms with Crippen molar-refractivity contribution in [2.75, 3.05) is 0 Å². The highest BCUT2D eigenvalue weighted by molar-refractivity contribution is 5.81. The van der Waals surface area contributed by atoms with Crippen LogP contribution in [-0.4, -0.2) is 24.8 Å². The minimum atomic E-state index is -0.691. The Morgan fingerprint density at radius 3 is 2.75 bits per heavy atom. The quantitative estimate of drug-likeness (QED) is 0.390. The van der Waals surface area contributed by atoms with E-state index in [-0.39, 0.29) is 17.8 Å². The van der Waals surface area contributed by atoms with Crippen molar-refractivity contribution in [3.05, 3.63) is 69.6 Å². The zero-order chi connectivity index (χ0) is 22.2. The van der Waals surface area contributed by atoms with Crippen molar-refractivity contribution < 1.29 is 8.78 Å². The molecule has 1 atom stereocenters. The number of rotatable bonds is 5. The fourth-order valence-electron chi connectivity index (χ4n) is 4.47. The van der Waals surface area contributed by atoms with Gasteiger partial charge >= 0.3 is 0 Å². The Bertz CT molecular complexity index is 1320. The van der Waals surface area contributed by atoms with Gasteiger partial charge in [-0.05, 0) is 49.4 Å². The van der Waals surface area contributed by atoms with Crippen molar-refractivity contribution in [2.45, 2.75) is 57.4 Å². The second-order valence-corrected chi connectivity index (χ2v) is 8.42. The molecule has 1 aromatic carbocycles. The van der Waals surface area contributed by atoms with E-state index in [9.17, 15) is 9.30 Å². The summed E-state index contributed by atoms with van der Waals surface area (Å²) in [5.74, 6) is -0.691. The van der Waals surface area contributed by atoms with Gasteiger partial charge in [0.1, 0.15) is 17.7 Å². The van der Waals surface area contributed by atoms with E-state index < -0.39 is 17.7 Å². The molecule has 1 saturated carbocycles. The first-order valence-electron chi connectivity index (χ1n) is 10.9. The minimum Gasteiger partial charge on any atom is -0.256 e. The predicted octanol–water partition coefficient (Wildman–Crippen LogP) is 5.42. The van der Waals surface area contributed by atoms with Gasteiger partial charge in [-0.15, -0.1) is 10.2 Å². The van der Waals surface area contributed by atoms with Crippen LogP contribution in [0, 0.1) is 16.5 Å². The van der Waals surface area contributed by atoms with Crippen LogP contribution in [0.3, 0.4) is 0 Å². The molecule has 9 heteroatoms. The van der Waals surface area contributed by atoms with Crippen LogP contribution < -0.4 is 0 Å². The molecular weight excluding hydrogens is 414 g/mol. The standard InChI is InChI=1S/C23H22F2N6O/c1-13(30-32)19-7-8-21-27-28-22(31(21)29-19)10-16-18(24)11-20-17(23(16)25)9-15(12-26-20)14-5-3-2-4-6-14/h7-9,11-14H,2-6,10H2,1H3. The van der Waals surface area contributed by atoms with E-state index in [1.807, 2.05) is 6.07 Å². The number of benzene rings is 1. The molecule has 5 rings (SSSR count). The molecule has 0 bridgehead atoms. The van der Waals surface area contributed by atoms with Gasteiger partial charge in [-0.3, -0.25) is 4.98 Å². The Morgan fingerprint density at radius 2 is 1.97 bits per heavy atom. The Balaban J connectivity index is 1.55. The van der Waals surface area contributed by atoms with Crippen LogP contribution in [0.25, 0.3) is 16.6 Å². The lowest BCUT2D eigenvalue weighted by atomic mass is 9.84. The van der Waals surface area contributed by atoms with Crippen LogP contribution in [0.2, 0.25) is 0 Å². The molecule has 0 spiro atoms. The van der Waals surface area contributed by atoms with E-state index >= 15 is 4.39 Å². The summed E-state index contributed by atoms with van der Waals surface area (Å²) in [5, 5.41) is 15.7. The normalized spacial score (nSPS) is 16.0. The van der Waals surface area contributed by atoms with Crippen molar-refractivity contribution >= 4 is 16.6 Å². The zero-order valence-corrected chi connectivity index (χ0v) is 17.6. The molecule has 1 aliphatic rings. The van der Waals surface area contributed by atoms with Gasteiger partial charge in [0, 0.05) is 29.6 Å². The molecular formula is C23H22F2N6O. The van der Waals surface area contributed by atoms with Crippen LogP contribution in [0.1, 0.15) is 73.6 Å². The summed E-state index contributed by atoms with van der Waals surface area (Å²) in [6.07, 6.45) is 7.29. The second-order valence-electron chi connectivity index (χ2n) is 8.42. The number of nitroso groups, excluding NO2 is 1. The van der Waals surface area contributed by atoms with E-state index in [0.29, 0.717) is 28.2 Å². The van der Waals surface area contributed by atoms with Crippen LogP contribution in [0.5, 0.6) is 0 Å². The molecule has 164 valence electrons. The van der Waals surface area contributed by atoms with Crippen molar-refractivity contribution in [2.24, 2.45) is 5.18 Å². The summed E-state index contributed by atoms with van der Waals surface area (Å²) in [7, 11) is 0. The smallest absolute Gasteiger partial charge is 0.177 e. The fraction of sp³-hybridized carbons (Fsp3) is 0.391. The van der Waals surface area contributed by atoms with Gasteiger partial charge in [0.05, 0.1) is 11.2 Å². The van der Waals surface area contributed by atoms with Crippen molar-refractivity contribution in [1.82, 2.24) is 24.8 Å². The molecule has 4 aromatic rings. The molecule has 0 radical (unpaired) electrons. The third kappa shape index (κ3) is 3.61. The molecule has 3 heterocycles. The summed E-state index contributed by atoms with van der Waals surface area (Å²) in [5.41, 5.74) is 2.03. The van der Waals surface area contributed by atoms with Gasteiger partial charge < -0.3 is 0 Å². The summed E-state index contributed by atoms with van der Waals surface area (Å²) >= 11 is 0. The summed E-state index contributed by atoms with van der Waals surface area (Å²) in [4.78, 5) is 15.2. The molecule has 0 amide bonds. The Labute approximate surface area is 182 Å². The number of aromatic nitrogens is 5. The largest absolute Gasteiger partial charge is 0.256 e. The molecule has 0 N–H and O–H groups in total. The molecule has 32 heavy (non-hydrogen) atoms. The highest BCUT2D eigenvalue weighted by Crippen LogP contribution is 2.34. The SMILES string of the molecule is CC(N=O)c1ccc2nnc(Cc3c(F)cc4ncc(C5CCCCC5)cc4c3F)n2n1. The van der Waals surface area contributed by atoms with Gasteiger partial charge in [0.2, 0.25) is 0 Å². The van der Waals surface area contributed by atoms with Crippen molar-refractivity contribution in [3.8, 4) is 0 Å². The van der Waals surface area contributed by atoms with Gasteiger partial charge in [0.15, 0.2) is 11.5 Å². The van der Waals surface area contributed by atoms with Crippen LogP contribution in [-0.2, 0) is 6.42 Å². The number of hydrogen-bond acceptors (Lipinski definition) is 6. The van der Waals surface area contributed by atoms with E-state index in [1.165, 1.54) is 17.0 Å². The molecule has 1 unspecified atom stereocenters. The zero-order valence-electron chi connectivity index (χ0n) is 17.6. The van der Waals surface area contributed by atoms with E-state index in [0.717, 1.165) is 31.2 Å². The molecule has 3 aromatic heterocycles. The molecule has 0 saturated heterocycles. The van der Waals surface area contributed by atoms with Crippen LogP contribution >= 0.6 is 0 Å². The highest BCUT2D eigenvalue weighted by atomic mass is 19.1. The highest BCUT2D eigenvalue weighted by Gasteiger charge is 2.21. The second kappa shape index (κ2) is 8.29. The molecule has 1 fully saturated rings. The Morgan fingerprint density at radius 1 is 1.16 bits per heavy atom. The van der Waals surface area contributed by atoms with E-state index in [4.69, 9.17) is 0 Å². The first-order chi connectivity index (χ1) is 15.5. The van der Waals surface area contributed by atoms with Crippen molar-refractivity contribution in [1.29, 1.82) is 0 Å². The van der Waals surface area contributed by atoms with E-state index in [1.54, 1.807) is 25.3 Å². The Kier molecular flexibility index (Phi) is 5.32. The van der Waals surface area contributed by atoms with Crippen LogP contribution in [0.15, 0.2) is 35.6 Å². The minimum absolute atomic E-state index is 0.108. The van der Waals surface area contributed by atoms with Crippen LogP contribution in [0.4, 0.5) is 8.78 Å².